The summed E-state index contributed by atoms with van der Waals surface area (Å²) in [4.78, 5) is 0. The highest BCUT2D eigenvalue weighted by atomic mass is 16.3. The van der Waals surface area contributed by atoms with E-state index in [1.165, 1.54) is 88.0 Å². The van der Waals surface area contributed by atoms with Crippen LogP contribution in [0.15, 0.2) is 162 Å². The Kier molecular flexibility index (Phi) is 5.69. The third kappa shape index (κ3) is 3.79. The van der Waals surface area contributed by atoms with Crippen molar-refractivity contribution in [3.8, 4) is 44.5 Å². The topological polar surface area (TPSA) is 13.1 Å². The fourth-order valence-corrected chi connectivity index (χ4v) is 8.37. The average Bonchev–Trinajstić information content (AvgIpc) is 3.63. The zero-order valence-corrected chi connectivity index (χ0v) is 26.9. The molecule has 0 atom stereocenters. The fourth-order valence-electron chi connectivity index (χ4n) is 8.37. The zero-order valence-electron chi connectivity index (χ0n) is 26.9. The van der Waals surface area contributed by atoms with Gasteiger partial charge in [-0.3, -0.25) is 0 Å². The van der Waals surface area contributed by atoms with Crippen molar-refractivity contribution in [1.29, 1.82) is 0 Å². The molecule has 0 spiro atoms. The van der Waals surface area contributed by atoms with Gasteiger partial charge in [0.2, 0.25) is 0 Å². The minimum Gasteiger partial charge on any atom is -0.455 e. The molecular formula is C47H32O. The van der Waals surface area contributed by atoms with Crippen LogP contribution in [0.2, 0.25) is 0 Å². The minimum atomic E-state index is -0.133. The van der Waals surface area contributed by atoms with Crippen molar-refractivity contribution < 1.29 is 4.42 Å². The second-order valence-electron chi connectivity index (χ2n) is 13.6. The van der Waals surface area contributed by atoms with Crippen molar-refractivity contribution in [1.82, 2.24) is 0 Å². The summed E-state index contributed by atoms with van der Waals surface area (Å²) < 4.78 is 6.51. The van der Waals surface area contributed by atoms with E-state index in [-0.39, 0.29) is 5.41 Å². The molecule has 0 aliphatic heterocycles. The van der Waals surface area contributed by atoms with E-state index in [0.29, 0.717) is 0 Å². The molecule has 0 saturated heterocycles. The highest BCUT2D eigenvalue weighted by Crippen LogP contribution is 2.53. The lowest BCUT2D eigenvalue weighted by atomic mass is 9.81. The number of fused-ring (bicyclic) bond motifs is 9. The van der Waals surface area contributed by atoms with Crippen LogP contribution in [0, 0.1) is 0 Å². The molecule has 0 amide bonds. The fraction of sp³-hybridized carbons (Fsp3) is 0.0638. The molecule has 1 aliphatic rings. The van der Waals surface area contributed by atoms with Crippen LogP contribution in [-0.2, 0) is 5.41 Å². The summed E-state index contributed by atoms with van der Waals surface area (Å²) in [5, 5.41) is 7.47. The Hall–Kier alpha value is -5.92. The molecule has 48 heavy (non-hydrogen) atoms. The summed E-state index contributed by atoms with van der Waals surface area (Å²) in [7, 11) is 0. The number of benzene rings is 8. The van der Waals surface area contributed by atoms with Crippen molar-refractivity contribution in [2.45, 2.75) is 19.3 Å². The summed E-state index contributed by atoms with van der Waals surface area (Å²) in [6, 6.07) is 57.6. The molecule has 0 unspecified atom stereocenters. The molecule has 0 N–H and O–H groups in total. The van der Waals surface area contributed by atoms with Gasteiger partial charge < -0.3 is 4.42 Å². The average molecular weight is 613 g/mol. The van der Waals surface area contributed by atoms with Crippen LogP contribution in [0.25, 0.3) is 88.0 Å². The van der Waals surface area contributed by atoms with Gasteiger partial charge in [-0.1, -0.05) is 159 Å². The summed E-state index contributed by atoms with van der Waals surface area (Å²) in [6.07, 6.45) is 0. The van der Waals surface area contributed by atoms with Gasteiger partial charge >= 0.3 is 0 Å². The van der Waals surface area contributed by atoms with Gasteiger partial charge in [0.05, 0.1) is 0 Å². The monoisotopic (exact) mass is 612 g/mol. The molecule has 0 bridgehead atoms. The van der Waals surface area contributed by atoms with Gasteiger partial charge in [0.15, 0.2) is 0 Å². The lowest BCUT2D eigenvalue weighted by Gasteiger charge is -2.22. The lowest BCUT2D eigenvalue weighted by Crippen LogP contribution is -2.14. The molecule has 1 aliphatic carbocycles. The van der Waals surface area contributed by atoms with Crippen LogP contribution in [0.1, 0.15) is 25.0 Å². The van der Waals surface area contributed by atoms with E-state index in [1.54, 1.807) is 0 Å². The SMILES string of the molecule is CC1(C)c2cc(-c3ccc(-c4c5ccccc5c(-c5ccccc5)c5ccccc45)cc3)ccc2-c2c1ccc1c2oc2ccccc21. The molecular weight excluding hydrogens is 581 g/mol. The number of para-hydroxylation sites is 1. The highest BCUT2D eigenvalue weighted by molar-refractivity contribution is 6.21. The van der Waals surface area contributed by atoms with Crippen molar-refractivity contribution in [2.75, 3.05) is 0 Å². The Balaban J connectivity index is 1.10. The molecule has 0 saturated carbocycles. The smallest absolute Gasteiger partial charge is 0.143 e. The first kappa shape index (κ1) is 27.2. The lowest BCUT2D eigenvalue weighted by molar-refractivity contribution is 0.653. The molecule has 1 aromatic heterocycles. The van der Waals surface area contributed by atoms with Crippen molar-refractivity contribution in [2.24, 2.45) is 0 Å². The maximum atomic E-state index is 6.51. The molecule has 9 aromatic rings. The van der Waals surface area contributed by atoms with Gasteiger partial charge in [0.25, 0.3) is 0 Å². The third-order valence-corrected chi connectivity index (χ3v) is 10.7. The maximum Gasteiger partial charge on any atom is 0.143 e. The summed E-state index contributed by atoms with van der Waals surface area (Å²) >= 11 is 0. The van der Waals surface area contributed by atoms with E-state index in [2.05, 4.69) is 166 Å². The molecule has 0 fully saturated rings. The Labute approximate surface area is 279 Å². The number of hydrogen-bond acceptors (Lipinski definition) is 1. The van der Waals surface area contributed by atoms with E-state index >= 15 is 0 Å². The Bertz CT molecular complexity index is 2670. The van der Waals surface area contributed by atoms with E-state index in [0.717, 1.165) is 11.2 Å². The number of rotatable bonds is 3. The van der Waals surface area contributed by atoms with Crippen LogP contribution in [0.4, 0.5) is 0 Å². The summed E-state index contributed by atoms with van der Waals surface area (Å²) in [5.74, 6) is 0. The quantitative estimate of drug-likeness (QED) is 0.181. The first-order valence-corrected chi connectivity index (χ1v) is 16.8. The maximum absolute atomic E-state index is 6.51. The molecule has 1 heteroatoms. The van der Waals surface area contributed by atoms with Crippen molar-refractivity contribution >= 4 is 43.5 Å². The van der Waals surface area contributed by atoms with E-state index in [1.807, 2.05) is 6.07 Å². The van der Waals surface area contributed by atoms with Crippen LogP contribution >= 0.6 is 0 Å². The third-order valence-electron chi connectivity index (χ3n) is 10.7. The van der Waals surface area contributed by atoms with Gasteiger partial charge in [0, 0.05) is 21.8 Å². The zero-order chi connectivity index (χ0) is 32.0. The van der Waals surface area contributed by atoms with E-state index in [9.17, 15) is 0 Å². The van der Waals surface area contributed by atoms with Gasteiger partial charge in [-0.25, -0.2) is 0 Å². The van der Waals surface area contributed by atoms with E-state index < -0.39 is 0 Å². The first-order valence-electron chi connectivity index (χ1n) is 16.8. The number of furan rings is 1. The highest BCUT2D eigenvalue weighted by Gasteiger charge is 2.38. The Morgan fingerprint density at radius 3 is 1.54 bits per heavy atom. The predicted molar refractivity (Wildman–Crippen MR) is 203 cm³/mol. The van der Waals surface area contributed by atoms with Gasteiger partial charge in [-0.05, 0) is 83.7 Å². The molecule has 0 radical (unpaired) electrons. The van der Waals surface area contributed by atoms with Crippen LogP contribution < -0.4 is 0 Å². The summed E-state index contributed by atoms with van der Waals surface area (Å²) in [5.41, 5.74) is 14.5. The second kappa shape index (κ2) is 10.0. The van der Waals surface area contributed by atoms with Crippen molar-refractivity contribution in [3.05, 3.63) is 169 Å². The normalized spacial score (nSPS) is 13.4. The Morgan fingerprint density at radius 2 is 0.896 bits per heavy atom. The van der Waals surface area contributed by atoms with Crippen LogP contribution in [0.3, 0.4) is 0 Å². The van der Waals surface area contributed by atoms with Crippen LogP contribution in [-0.4, -0.2) is 0 Å². The van der Waals surface area contributed by atoms with Gasteiger partial charge in [-0.15, -0.1) is 0 Å². The Morgan fingerprint density at radius 1 is 0.375 bits per heavy atom. The molecule has 226 valence electrons. The molecule has 8 aromatic carbocycles. The molecule has 1 nitrogen and oxygen atoms in total. The molecule has 10 rings (SSSR count). The van der Waals surface area contributed by atoms with E-state index in [4.69, 9.17) is 4.42 Å². The molecule has 1 heterocycles. The second-order valence-corrected chi connectivity index (χ2v) is 13.6. The van der Waals surface area contributed by atoms with Crippen molar-refractivity contribution in [3.63, 3.8) is 0 Å². The van der Waals surface area contributed by atoms with Gasteiger partial charge in [0.1, 0.15) is 11.2 Å². The number of hydrogen-bond donors (Lipinski definition) is 0. The predicted octanol–water partition coefficient (Wildman–Crippen LogP) is 13.2. The standard InChI is InChI=1S/C47H32O/c1-47(2)40-27-26-38-33-14-10-11-19-42(33)48-46(38)45(40)39-25-24-32(28-41(39)47)29-20-22-31(23-21-29)44-36-17-8-6-15-34(36)43(30-12-4-3-5-13-30)35-16-7-9-18-37(35)44/h3-28H,1-2H3. The largest absolute Gasteiger partial charge is 0.455 e. The minimum absolute atomic E-state index is 0.133. The first-order chi connectivity index (χ1) is 23.6. The summed E-state index contributed by atoms with van der Waals surface area (Å²) in [6.45, 7) is 4.68. The van der Waals surface area contributed by atoms with Crippen LogP contribution in [0.5, 0.6) is 0 Å². The van der Waals surface area contributed by atoms with Gasteiger partial charge in [-0.2, -0.15) is 0 Å².